The van der Waals surface area contributed by atoms with Crippen LogP contribution in [0.15, 0.2) is 18.2 Å². The Morgan fingerprint density at radius 3 is 2.56 bits per heavy atom. The van der Waals surface area contributed by atoms with Gasteiger partial charge in [0.05, 0.1) is 0 Å². The van der Waals surface area contributed by atoms with Crippen molar-refractivity contribution in [2.75, 3.05) is 0 Å². The first kappa shape index (κ1) is 10.8. The summed E-state index contributed by atoms with van der Waals surface area (Å²) in [6, 6.07) is 8.49. The number of aryl methyl sites for hydroxylation is 2. The molecule has 0 spiro atoms. The van der Waals surface area contributed by atoms with Crippen LogP contribution in [0.5, 0.6) is 0 Å². The molecule has 0 aliphatic rings. The van der Waals surface area contributed by atoms with Crippen LogP contribution in [0.3, 0.4) is 0 Å². The van der Waals surface area contributed by atoms with Gasteiger partial charge in [0.25, 0.3) is 0 Å². The Kier molecular flexibility index (Phi) is 2.47. The minimum atomic E-state index is 0.523. The Morgan fingerprint density at radius 2 is 2.00 bits per heavy atom. The summed E-state index contributed by atoms with van der Waals surface area (Å²) < 4.78 is 1.95. The standard InChI is InChI=1S/C14H16N2/c1-9(2)12-5-6-14-13(10(12)3)7-11(8-15)16(14)4/h5-7,9H,1-4H3. The minimum Gasteiger partial charge on any atom is -0.335 e. The average molecular weight is 212 g/mol. The minimum absolute atomic E-state index is 0.523. The molecule has 0 amide bonds. The van der Waals surface area contributed by atoms with Crippen molar-refractivity contribution in [2.24, 2.45) is 7.05 Å². The highest BCUT2D eigenvalue weighted by molar-refractivity contribution is 5.86. The molecule has 0 fully saturated rings. The molecule has 0 atom stereocenters. The summed E-state index contributed by atoms with van der Waals surface area (Å²) in [6.07, 6.45) is 0. The number of hydrogen-bond donors (Lipinski definition) is 0. The van der Waals surface area contributed by atoms with E-state index in [9.17, 15) is 0 Å². The number of benzene rings is 1. The van der Waals surface area contributed by atoms with Gasteiger partial charge in [-0.1, -0.05) is 19.9 Å². The van der Waals surface area contributed by atoms with Crippen LogP contribution in [0.25, 0.3) is 10.9 Å². The van der Waals surface area contributed by atoms with Crippen molar-refractivity contribution in [3.05, 3.63) is 35.0 Å². The fourth-order valence-electron chi connectivity index (χ4n) is 2.30. The van der Waals surface area contributed by atoms with Crippen molar-refractivity contribution in [3.63, 3.8) is 0 Å². The highest BCUT2D eigenvalue weighted by Gasteiger charge is 2.11. The van der Waals surface area contributed by atoms with E-state index in [2.05, 4.69) is 39.0 Å². The third kappa shape index (κ3) is 1.40. The first-order valence-corrected chi connectivity index (χ1v) is 5.55. The number of hydrogen-bond acceptors (Lipinski definition) is 1. The van der Waals surface area contributed by atoms with Crippen LogP contribution in [0, 0.1) is 18.3 Å². The zero-order chi connectivity index (χ0) is 11.9. The number of aromatic nitrogens is 1. The topological polar surface area (TPSA) is 28.7 Å². The largest absolute Gasteiger partial charge is 0.335 e. The Hall–Kier alpha value is -1.75. The lowest BCUT2D eigenvalue weighted by Gasteiger charge is -2.10. The lowest BCUT2D eigenvalue weighted by atomic mass is 9.95. The van der Waals surface area contributed by atoms with Gasteiger partial charge in [-0.2, -0.15) is 5.26 Å². The van der Waals surface area contributed by atoms with Gasteiger partial charge in [0.15, 0.2) is 0 Å². The second kappa shape index (κ2) is 3.68. The third-order valence-corrected chi connectivity index (χ3v) is 3.27. The second-order valence-corrected chi connectivity index (χ2v) is 4.57. The van der Waals surface area contributed by atoms with E-state index in [1.165, 1.54) is 16.5 Å². The summed E-state index contributed by atoms with van der Waals surface area (Å²) in [6.45, 7) is 6.53. The molecule has 2 nitrogen and oxygen atoms in total. The van der Waals surface area contributed by atoms with Crippen LogP contribution in [0.1, 0.15) is 36.6 Å². The lowest BCUT2D eigenvalue weighted by Crippen LogP contribution is -1.94. The lowest BCUT2D eigenvalue weighted by molar-refractivity contribution is 0.858. The molecule has 1 aromatic carbocycles. The van der Waals surface area contributed by atoms with Gasteiger partial charge in [0.1, 0.15) is 11.8 Å². The Bertz CT molecular complexity index is 583. The molecule has 0 aliphatic heterocycles. The van der Waals surface area contributed by atoms with E-state index < -0.39 is 0 Å². The van der Waals surface area contributed by atoms with Crippen molar-refractivity contribution in [2.45, 2.75) is 26.7 Å². The maximum atomic E-state index is 9.02. The highest BCUT2D eigenvalue weighted by Crippen LogP contribution is 2.28. The van der Waals surface area contributed by atoms with Crippen molar-refractivity contribution in [1.29, 1.82) is 5.26 Å². The van der Waals surface area contributed by atoms with Gasteiger partial charge < -0.3 is 4.57 Å². The molecule has 0 saturated carbocycles. The molecular formula is C14H16N2. The van der Waals surface area contributed by atoms with E-state index in [0.29, 0.717) is 5.92 Å². The smallest absolute Gasteiger partial charge is 0.121 e. The molecule has 0 saturated heterocycles. The zero-order valence-electron chi connectivity index (χ0n) is 10.2. The summed E-state index contributed by atoms with van der Waals surface area (Å²) in [5, 5.41) is 10.2. The van der Waals surface area contributed by atoms with Gasteiger partial charge >= 0.3 is 0 Å². The quantitative estimate of drug-likeness (QED) is 0.711. The monoisotopic (exact) mass is 212 g/mol. The fourth-order valence-corrected chi connectivity index (χ4v) is 2.30. The maximum absolute atomic E-state index is 9.02. The predicted octanol–water partition coefficient (Wildman–Crippen LogP) is 3.48. The summed E-state index contributed by atoms with van der Waals surface area (Å²) in [5.74, 6) is 0.523. The molecule has 2 aromatic rings. The Morgan fingerprint density at radius 1 is 1.31 bits per heavy atom. The number of fused-ring (bicyclic) bond motifs is 1. The summed E-state index contributed by atoms with van der Waals surface area (Å²) in [4.78, 5) is 0. The van der Waals surface area contributed by atoms with E-state index in [-0.39, 0.29) is 0 Å². The summed E-state index contributed by atoms with van der Waals surface area (Å²) in [7, 11) is 1.94. The van der Waals surface area contributed by atoms with Crippen molar-refractivity contribution in [1.82, 2.24) is 4.57 Å². The molecule has 1 aromatic heterocycles. The van der Waals surface area contributed by atoms with Gasteiger partial charge in [0, 0.05) is 18.0 Å². The summed E-state index contributed by atoms with van der Waals surface area (Å²) in [5.41, 5.74) is 4.52. The van der Waals surface area contributed by atoms with E-state index in [1.807, 2.05) is 17.7 Å². The molecule has 2 heteroatoms. The van der Waals surface area contributed by atoms with Gasteiger partial charge in [-0.25, -0.2) is 0 Å². The van der Waals surface area contributed by atoms with Gasteiger partial charge in [0.2, 0.25) is 0 Å². The number of rotatable bonds is 1. The van der Waals surface area contributed by atoms with Gasteiger partial charge in [-0.3, -0.25) is 0 Å². The molecule has 0 unspecified atom stereocenters. The molecule has 0 aliphatic carbocycles. The molecule has 16 heavy (non-hydrogen) atoms. The van der Waals surface area contributed by atoms with Crippen LogP contribution in [0.4, 0.5) is 0 Å². The second-order valence-electron chi connectivity index (χ2n) is 4.57. The number of nitriles is 1. The van der Waals surface area contributed by atoms with Gasteiger partial charge in [-0.15, -0.1) is 0 Å². The molecule has 0 radical (unpaired) electrons. The van der Waals surface area contributed by atoms with Crippen LogP contribution in [0.2, 0.25) is 0 Å². The predicted molar refractivity (Wildman–Crippen MR) is 66.5 cm³/mol. The van der Waals surface area contributed by atoms with Gasteiger partial charge in [-0.05, 0) is 36.1 Å². The first-order valence-electron chi connectivity index (χ1n) is 5.55. The fraction of sp³-hybridized carbons (Fsp3) is 0.357. The molecule has 0 bridgehead atoms. The van der Waals surface area contributed by atoms with Crippen molar-refractivity contribution < 1.29 is 0 Å². The van der Waals surface area contributed by atoms with E-state index in [0.717, 1.165) is 11.2 Å². The van der Waals surface area contributed by atoms with Crippen LogP contribution < -0.4 is 0 Å². The Balaban J connectivity index is 2.82. The highest BCUT2D eigenvalue weighted by atomic mass is 14.9. The Labute approximate surface area is 96.1 Å². The van der Waals surface area contributed by atoms with Crippen LogP contribution in [-0.4, -0.2) is 4.57 Å². The maximum Gasteiger partial charge on any atom is 0.121 e. The first-order chi connectivity index (χ1) is 7.56. The van der Waals surface area contributed by atoms with Crippen molar-refractivity contribution in [3.8, 4) is 6.07 Å². The molecular weight excluding hydrogens is 196 g/mol. The van der Waals surface area contributed by atoms with E-state index in [1.54, 1.807) is 0 Å². The molecule has 1 heterocycles. The molecule has 2 rings (SSSR count). The van der Waals surface area contributed by atoms with Crippen LogP contribution in [-0.2, 0) is 7.05 Å². The average Bonchev–Trinajstić information content (AvgIpc) is 2.57. The van der Waals surface area contributed by atoms with Crippen LogP contribution >= 0.6 is 0 Å². The summed E-state index contributed by atoms with van der Waals surface area (Å²) >= 11 is 0. The molecule has 82 valence electrons. The third-order valence-electron chi connectivity index (χ3n) is 3.27. The van der Waals surface area contributed by atoms with E-state index >= 15 is 0 Å². The van der Waals surface area contributed by atoms with Crippen molar-refractivity contribution >= 4 is 10.9 Å². The number of nitrogens with zero attached hydrogens (tertiary/aromatic N) is 2. The normalized spacial score (nSPS) is 11.0. The van der Waals surface area contributed by atoms with E-state index in [4.69, 9.17) is 5.26 Å². The SMILES string of the molecule is Cc1c(C(C)C)ccc2c1cc(C#N)n2C. The molecule has 0 N–H and O–H groups in total. The zero-order valence-corrected chi connectivity index (χ0v) is 10.2.